The lowest BCUT2D eigenvalue weighted by molar-refractivity contribution is 0.139. The molecule has 0 unspecified atom stereocenters. The molecule has 7 nitrogen and oxygen atoms in total. The van der Waals surface area contributed by atoms with Crippen LogP contribution in [-0.4, -0.2) is 45.1 Å². The highest BCUT2D eigenvalue weighted by Gasteiger charge is 2.32. The molecule has 1 aliphatic heterocycles. The van der Waals surface area contributed by atoms with Crippen molar-refractivity contribution in [2.75, 3.05) is 18.0 Å². The summed E-state index contributed by atoms with van der Waals surface area (Å²) in [4.78, 5) is 6.31. The van der Waals surface area contributed by atoms with E-state index in [2.05, 4.69) is 22.2 Å². The number of aliphatic hydroxyl groups is 1. The zero-order chi connectivity index (χ0) is 23.3. The number of alkyl halides is 2. The molecule has 2 N–H and O–H groups in total. The Hall–Kier alpha value is -3.64. The zero-order valence-electron chi connectivity index (χ0n) is 18.0. The maximum atomic E-state index is 13.6. The Morgan fingerprint density at radius 3 is 2.64 bits per heavy atom. The summed E-state index contributed by atoms with van der Waals surface area (Å²) in [6, 6.07) is 7.98. The molecule has 0 amide bonds. The molecule has 3 aromatic rings. The molecule has 1 aromatic carbocycles. The average molecular weight is 448 g/mol. The molecule has 3 heterocycles. The minimum atomic E-state index is -2.91. The highest BCUT2D eigenvalue weighted by Crippen LogP contribution is 2.39. The molecule has 5 rings (SSSR count). The molecular formula is C24H22F2N6O. The van der Waals surface area contributed by atoms with Gasteiger partial charge in [0.15, 0.2) is 5.65 Å². The maximum absolute atomic E-state index is 13.6. The smallest absolute Gasteiger partial charge is 0.283 e. The minimum Gasteiger partial charge on any atom is -0.389 e. The van der Waals surface area contributed by atoms with Gasteiger partial charge >= 0.3 is 0 Å². The Kier molecular flexibility index (Phi) is 5.17. The van der Waals surface area contributed by atoms with Gasteiger partial charge < -0.3 is 15.4 Å². The number of nitrogens with one attached hydrogen (secondary N) is 1. The highest BCUT2D eigenvalue weighted by molar-refractivity contribution is 5.88. The summed E-state index contributed by atoms with van der Waals surface area (Å²) in [6.45, 7) is 2.41. The molecule has 2 aliphatic rings. The Morgan fingerprint density at radius 1 is 1.27 bits per heavy atom. The van der Waals surface area contributed by atoms with Crippen LogP contribution in [0.1, 0.15) is 53.3 Å². The first-order chi connectivity index (χ1) is 15.9. The van der Waals surface area contributed by atoms with Crippen molar-refractivity contribution in [3.8, 4) is 6.07 Å². The van der Waals surface area contributed by atoms with E-state index in [1.165, 1.54) is 29.1 Å². The van der Waals surface area contributed by atoms with Crippen LogP contribution < -0.4 is 15.3 Å². The van der Waals surface area contributed by atoms with Crippen molar-refractivity contribution < 1.29 is 13.9 Å². The van der Waals surface area contributed by atoms with E-state index in [-0.39, 0.29) is 11.2 Å². The monoisotopic (exact) mass is 448 g/mol. The van der Waals surface area contributed by atoms with E-state index >= 15 is 0 Å². The number of benzene rings is 1. The summed E-state index contributed by atoms with van der Waals surface area (Å²) in [5, 5.41) is 32.8. The van der Waals surface area contributed by atoms with E-state index in [1.54, 1.807) is 13.0 Å². The molecule has 0 bridgehead atoms. The summed E-state index contributed by atoms with van der Waals surface area (Å²) < 4.78 is 28.5. The first kappa shape index (κ1) is 21.2. The molecule has 0 atom stereocenters. The van der Waals surface area contributed by atoms with Crippen molar-refractivity contribution in [3.63, 3.8) is 0 Å². The lowest BCUT2D eigenvalue weighted by Crippen LogP contribution is -2.52. The number of anilines is 1. The Morgan fingerprint density at radius 2 is 2.03 bits per heavy atom. The van der Waals surface area contributed by atoms with Crippen molar-refractivity contribution in [2.24, 2.45) is 0 Å². The van der Waals surface area contributed by atoms with E-state index < -0.39 is 18.2 Å². The fourth-order valence-corrected chi connectivity index (χ4v) is 4.32. The fraction of sp³-hybridized carbons (Fsp3) is 0.333. The molecule has 0 radical (unpaired) electrons. The number of nitrogens with zero attached hydrogens (tertiary/aromatic N) is 5. The normalized spacial score (nSPS) is 17.6. The van der Waals surface area contributed by atoms with E-state index in [0.29, 0.717) is 36.1 Å². The standard InChI is InChI=1S/C24H22F2N6O/c1-13-19(9-16-5-4-15(14-2-3-14)8-17(16)6-7-27)24(31-11-18(33)12-31)32-23(29-13)20(10-28)21(30-32)22(25)26/h4-9,14,18,22,27,33H,2-3,11-12H2,1H3/b16-9+,17-6-,27-7?. The summed E-state index contributed by atoms with van der Waals surface area (Å²) in [7, 11) is 0. The average Bonchev–Trinajstić information content (AvgIpc) is 3.54. The number of halogens is 2. The number of hydrogen-bond donors (Lipinski definition) is 2. The number of aryl methyl sites for hydroxylation is 1. The Labute approximate surface area is 188 Å². The van der Waals surface area contributed by atoms with Gasteiger partial charge in [-0.2, -0.15) is 14.9 Å². The summed E-state index contributed by atoms with van der Waals surface area (Å²) in [5.41, 5.74) is 1.70. The number of nitriles is 1. The Bertz CT molecular complexity index is 1430. The van der Waals surface area contributed by atoms with Gasteiger partial charge in [0.2, 0.25) is 0 Å². The topological polar surface area (TPSA) is 101 Å². The van der Waals surface area contributed by atoms with Crippen molar-refractivity contribution in [2.45, 2.75) is 38.2 Å². The van der Waals surface area contributed by atoms with Crippen molar-refractivity contribution in [1.82, 2.24) is 14.6 Å². The van der Waals surface area contributed by atoms with Crippen LogP contribution in [0.15, 0.2) is 18.2 Å². The van der Waals surface area contributed by atoms with E-state index in [0.717, 1.165) is 10.4 Å². The van der Waals surface area contributed by atoms with Crippen LogP contribution in [0.4, 0.5) is 14.6 Å². The lowest BCUT2D eigenvalue weighted by atomic mass is 10.0. The second kappa shape index (κ2) is 8.05. The van der Waals surface area contributed by atoms with Gasteiger partial charge in [-0.3, -0.25) is 0 Å². The number of hydrogen-bond acceptors (Lipinski definition) is 6. The first-order valence-electron chi connectivity index (χ1n) is 10.8. The van der Waals surface area contributed by atoms with Gasteiger partial charge in [-0.15, -0.1) is 0 Å². The van der Waals surface area contributed by atoms with Crippen LogP contribution in [0.2, 0.25) is 0 Å². The number of β-amino-alcohol motifs (C(OH)–C–C–N with tert-alkyl or cyclic N) is 1. The third-order valence-electron chi connectivity index (χ3n) is 6.20. The molecule has 9 heteroatoms. The van der Waals surface area contributed by atoms with Gasteiger partial charge in [0.25, 0.3) is 6.43 Å². The van der Waals surface area contributed by atoms with E-state index in [9.17, 15) is 19.1 Å². The van der Waals surface area contributed by atoms with Gasteiger partial charge in [-0.1, -0.05) is 18.2 Å². The van der Waals surface area contributed by atoms with Gasteiger partial charge in [-0.05, 0) is 53.8 Å². The SMILES string of the molecule is Cc1nc2c(C#N)c(C(F)F)nn2c(N2CC(O)C2)c1/C=c1\ccc(C2CC2)c\c1=C\C=N. The van der Waals surface area contributed by atoms with Gasteiger partial charge in [0.1, 0.15) is 23.1 Å². The first-order valence-corrected chi connectivity index (χ1v) is 10.8. The fourth-order valence-electron chi connectivity index (χ4n) is 4.32. The van der Waals surface area contributed by atoms with E-state index in [4.69, 9.17) is 5.41 Å². The second-order valence-corrected chi connectivity index (χ2v) is 8.54. The quantitative estimate of drug-likeness (QED) is 0.583. The molecule has 2 fully saturated rings. The summed E-state index contributed by atoms with van der Waals surface area (Å²) in [5.74, 6) is 1.08. The van der Waals surface area contributed by atoms with Crippen LogP contribution in [0.25, 0.3) is 17.8 Å². The number of fused-ring (bicyclic) bond motifs is 1. The molecular weight excluding hydrogens is 426 g/mol. The van der Waals surface area contributed by atoms with Gasteiger partial charge in [-0.25, -0.2) is 13.8 Å². The maximum Gasteiger partial charge on any atom is 0.283 e. The van der Waals surface area contributed by atoms with Crippen molar-refractivity contribution in [1.29, 1.82) is 10.7 Å². The number of aromatic nitrogens is 3. The minimum absolute atomic E-state index is 0.0780. The lowest BCUT2D eigenvalue weighted by Gasteiger charge is -2.38. The number of rotatable bonds is 5. The molecule has 33 heavy (non-hydrogen) atoms. The molecule has 168 valence electrons. The third-order valence-corrected chi connectivity index (χ3v) is 6.20. The molecule has 1 saturated carbocycles. The van der Waals surface area contributed by atoms with E-state index in [1.807, 2.05) is 23.1 Å². The summed E-state index contributed by atoms with van der Waals surface area (Å²) >= 11 is 0. The summed E-state index contributed by atoms with van der Waals surface area (Å²) in [6.07, 6.45) is 3.77. The second-order valence-electron chi connectivity index (χ2n) is 8.54. The predicted molar refractivity (Wildman–Crippen MR) is 120 cm³/mol. The molecule has 1 saturated heterocycles. The van der Waals surface area contributed by atoms with Crippen LogP contribution in [0.5, 0.6) is 0 Å². The predicted octanol–water partition coefficient (Wildman–Crippen LogP) is 2.16. The molecule has 1 aliphatic carbocycles. The van der Waals surface area contributed by atoms with Crippen LogP contribution in [-0.2, 0) is 0 Å². The third kappa shape index (κ3) is 3.66. The van der Waals surface area contributed by atoms with Crippen LogP contribution in [0.3, 0.4) is 0 Å². The largest absolute Gasteiger partial charge is 0.389 e. The molecule has 2 aromatic heterocycles. The van der Waals surface area contributed by atoms with Crippen molar-refractivity contribution >= 4 is 29.8 Å². The zero-order valence-corrected chi connectivity index (χ0v) is 18.0. The van der Waals surface area contributed by atoms with Crippen LogP contribution >= 0.6 is 0 Å². The molecule has 0 spiro atoms. The van der Waals surface area contributed by atoms with Gasteiger partial charge in [0, 0.05) is 24.9 Å². The highest BCUT2D eigenvalue weighted by atomic mass is 19.3. The van der Waals surface area contributed by atoms with Crippen molar-refractivity contribution in [3.05, 3.63) is 56.7 Å². The Balaban J connectivity index is 1.79. The number of aliphatic hydroxyl groups excluding tert-OH is 1. The van der Waals surface area contributed by atoms with Gasteiger partial charge in [0.05, 0.1) is 11.8 Å². The van der Waals surface area contributed by atoms with Crippen LogP contribution in [0, 0.1) is 23.7 Å².